The quantitative estimate of drug-likeness (QED) is 0.192. The topological polar surface area (TPSA) is 111 Å². The first-order chi connectivity index (χ1) is 15.9. The van der Waals surface area contributed by atoms with Crippen molar-refractivity contribution < 1.29 is 43.3 Å². The van der Waals surface area contributed by atoms with Crippen LogP contribution in [0.4, 0.5) is 25.2 Å². The van der Waals surface area contributed by atoms with Crippen molar-refractivity contribution in [3.05, 3.63) is 0 Å². The summed E-state index contributed by atoms with van der Waals surface area (Å²) >= 11 is 0. The van der Waals surface area contributed by atoms with Crippen molar-refractivity contribution in [2.75, 3.05) is 13.3 Å². The van der Waals surface area contributed by atoms with E-state index in [4.69, 9.17) is 18.1 Å². The van der Waals surface area contributed by atoms with Crippen molar-refractivity contribution >= 4 is 46.0 Å². The maximum atomic E-state index is 16.1. The number of hydrogen-bond donors (Lipinski definition) is 0. The molecule has 0 aromatic heterocycles. The van der Waals surface area contributed by atoms with E-state index in [9.17, 15) is 0 Å². The lowest BCUT2D eigenvalue weighted by Gasteiger charge is -2.24. The van der Waals surface area contributed by atoms with Gasteiger partial charge in [-0.3, -0.25) is 0 Å². The second-order valence-corrected chi connectivity index (χ2v) is 20.8. The molecule has 1 heterocycles. The van der Waals surface area contributed by atoms with Crippen LogP contribution >= 0.6 is 46.0 Å². The van der Waals surface area contributed by atoms with E-state index in [1.54, 1.807) is 0 Å². The molecule has 10 nitrogen and oxygen atoms in total. The van der Waals surface area contributed by atoms with E-state index < -0.39 is 70.4 Å². The molecule has 0 saturated carbocycles. The number of rotatable bonds is 8. The Bertz CT molecular complexity index is 1110. The summed E-state index contributed by atoms with van der Waals surface area (Å²) in [5.41, 5.74) is 0. The van der Waals surface area contributed by atoms with Gasteiger partial charge in [0.1, 0.15) is 0 Å². The van der Waals surface area contributed by atoms with Crippen LogP contribution in [0.2, 0.25) is 0 Å². The van der Waals surface area contributed by atoms with Crippen molar-refractivity contribution in [1.82, 2.24) is 0 Å². The highest BCUT2D eigenvalue weighted by atomic mass is 31.3. The van der Waals surface area contributed by atoms with E-state index in [0.717, 1.165) is 0 Å². The van der Waals surface area contributed by atoms with Crippen LogP contribution in [0.25, 0.3) is 0 Å². The van der Waals surface area contributed by atoms with Crippen LogP contribution in [-0.2, 0) is 18.1 Å². The van der Waals surface area contributed by atoms with E-state index in [-0.39, 0.29) is 0 Å². The molecular formula is C14H34F6N6O4P6. The fourth-order valence-corrected chi connectivity index (χ4v) is 17.6. The molecule has 22 heteroatoms. The Labute approximate surface area is 209 Å². The van der Waals surface area contributed by atoms with Crippen molar-refractivity contribution in [2.45, 2.75) is 79.8 Å². The maximum Gasteiger partial charge on any atom is 0.388 e. The molecule has 0 amide bonds. The number of halogens is 6. The molecule has 36 heavy (non-hydrogen) atoms. The first-order valence-electron chi connectivity index (χ1n) is 10.6. The molecular weight excluding hydrogens is 616 g/mol. The lowest BCUT2D eigenvalue weighted by atomic mass is 10.5. The van der Waals surface area contributed by atoms with Gasteiger partial charge in [-0.15, -0.1) is 13.5 Å². The lowest BCUT2D eigenvalue weighted by Crippen LogP contribution is -2.01. The van der Waals surface area contributed by atoms with Gasteiger partial charge >= 0.3 is 31.0 Å². The highest BCUT2D eigenvalue weighted by Gasteiger charge is 2.41. The standard InChI is InChI=1S/C14H34F6N6O4P6/c1-11(2)27-33(17)22-31(9,15)21-32(10,16)23-34(18,28-12(3)4)25-36(20,30-14(7)8)26-35(19,24-33)29-13(5)6/h11-14H,1-10H3. The van der Waals surface area contributed by atoms with Crippen molar-refractivity contribution in [3.63, 3.8) is 0 Å². The molecule has 6 unspecified atom stereocenters. The highest BCUT2D eigenvalue weighted by molar-refractivity contribution is 7.80. The average molecular weight is 650 g/mol. The molecule has 6 atom stereocenters. The zero-order valence-corrected chi connectivity index (χ0v) is 26.9. The minimum Gasteiger partial charge on any atom is -0.300 e. The van der Waals surface area contributed by atoms with Gasteiger partial charge in [0, 0.05) is 13.3 Å². The predicted molar refractivity (Wildman–Crippen MR) is 139 cm³/mol. The Kier molecular flexibility index (Phi) is 12.1. The van der Waals surface area contributed by atoms with Gasteiger partial charge in [0.2, 0.25) is 15.0 Å². The van der Waals surface area contributed by atoms with Crippen molar-refractivity contribution in [1.29, 1.82) is 0 Å². The van der Waals surface area contributed by atoms with E-state index in [0.29, 0.717) is 13.3 Å². The summed E-state index contributed by atoms with van der Waals surface area (Å²) < 4.78 is 134. The molecule has 0 saturated heterocycles. The van der Waals surface area contributed by atoms with Crippen LogP contribution in [0.15, 0.2) is 27.1 Å². The third kappa shape index (κ3) is 12.3. The fourth-order valence-electron chi connectivity index (χ4n) is 2.46. The summed E-state index contributed by atoms with van der Waals surface area (Å²) in [6.45, 7) is 11.8. The second-order valence-electron chi connectivity index (χ2n) is 8.66. The summed E-state index contributed by atoms with van der Waals surface area (Å²) in [5, 5.41) is 0. The SMILES string of the molecule is CC(C)OP1(F)=NP(C)(F)=NP(C)(F)=NP(F)(OC(C)C)=NP(F)(OC(C)C)=NP(F)(OC(C)C)=N1. The molecule has 0 radical (unpaired) electrons. The third-order valence-corrected chi connectivity index (χ3v) is 18.0. The summed E-state index contributed by atoms with van der Waals surface area (Å²) in [6, 6.07) is 0. The van der Waals surface area contributed by atoms with E-state index in [2.05, 4.69) is 27.1 Å². The van der Waals surface area contributed by atoms with Gasteiger partial charge in [-0.25, -0.2) is 0 Å². The first kappa shape index (κ1) is 34.8. The zero-order chi connectivity index (χ0) is 28.4. The van der Waals surface area contributed by atoms with Gasteiger partial charge in [-0.1, -0.05) is 0 Å². The Morgan fingerprint density at radius 1 is 0.389 bits per heavy atom. The van der Waals surface area contributed by atoms with Crippen molar-refractivity contribution in [2.24, 2.45) is 27.1 Å². The number of nitrogens with zero attached hydrogens (tertiary/aromatic N) is 6. The maximum absolute atomic E-state index is 16.1. The monoisotopic (exact) mass is 650 g/mol. The summed E-state index contributed by atoms with van der Waals surface area (Å²) in [6.07, 6.45) is -4.14. The predicted octanol–water partition coefficient (Wildman–Crippen LogP) is 12.6. The van der Waals surface area contributed by atoms with Gasteiger partial charge in [0.25, 0.3) is 0 Å². The number of hydrogen-bond acceptors (Lipinski definition) is 10. The van der Waals surface area contributed by atoms with E-state index in [1.165, 1.54) is 55.4 Å². The summed E-state index contributed by atoms with van der Waals surface area (Å²) in [5.74, 6) is 0. The molecule has 1 aliphatic rings. The lowest BCUT2D eigenvalue weighted by molar-refractivity contribution is 0.238. The molecule has 0 bridgehead atoms. The summed E-state index contributed by atoms with van der Waals surface area (Å²) in [4.78, 5) is 0. The molecule has 0 spiro atoms. The Morgan fingerprint density at radius 2 is 0.611 bits per heavy atom. The van der Waals surface area contributed by atoms with E-state index >= 15 is 25.2 Å². The Morgan fingerprint density at radius 3 is 0.889 bits per heavy atom. The average Bonchev–Trinajstić information content (AvgIpc) is 2.43. The molecule has 1 aliphatic heterocycles. The van der Waals surface area contributed by atoms with Gasteiger partial charge in [-0.2, -0.15) is 38.7 Å². The van der Waals surface area contributed by atoms with Crippen LogP contribution in [0, 0.1) is 0 Å². The molecule has 0 fully saturated rings. The van der Waals surface area contributed by atoms with Crippen LogP contribution in [0.3, 0.4) is 0 Å². The van der Waals surface area contributed by atoms with Gasteiger partial charge in [0.15, 0.2) is 0 Å². The minimum absolute atomic E-state index is 0.631. The Hall–Kier alpha value is 0.800. The van der Waals surface area contributed by atoms with E-state index in [1.807, 2.05) is 0 Å². The Balaban J connectivity index is 4.46. The highest BCUT2D eigenvalue weighted by Crippen LogP contribution is 2.81. The van der Waals surface area contributed by atoms with Gasteiger partial charge in [0.05, 0.1) is 24.4 Å². The van der Waals surface area contributed by atoms with Crippen LogP contribution in [0.5, 0.6) is 0 Å². The summed E-state index contributed by atoms with van der Waals surface area (Å²) in [7, 11) is -31.3. The van der Waals surface area contributed by atoms with Crippen LogP contribution in [-0.4, -0.2) is 37.7 Å². The minimum atomic E-state index is -5.47. The molecule has 0 aromatic rings. The third-order valence-electron chi connectivity index (χ3n) is 2.92. The van der Waals surface area contributed by atoms with Gasteiger partial charge in [-0.05, 0) is 55.4 Å². The van der Waals surface area contributed by atoms with Crippen LogP contribution in [0.1, 0.15) is 55.4 Å². The second kappa shape index (κ2) is 12.5. The smallest absolute Gasteiger partial charge is 0.300 e. The van der Waals surface area contributed by atoms with Crippen LogP contribution < -0.4 is 0 Å². The van der Waals surface area contributed by atoms with Gasteiger partial charge < -0.3 is 18.1 Å². The van der Waals surface area contributed by atoms with Crippen molar-refractivity contribution in [3.8, 4) is 0 Å². The molecule has 216 valence electrons. The molecule has 1 rings (SSSR count). The largest absolute Gasteiger partial charge is 0.388 e. The normalized spacial score (nSPS) is 40.3. The fraction of sp³-hybridized carbons (Fsp3) is 1.00. The zero-order valence-electron chi connectivity index (χ0n) is 21.6. The molecule has 0 aromatic carbocycles. The first-order valence-corrected chi connectivity index (χ1v) is 20.7. The molecule has 0 aliphatic carbocycles. The molecule has 0 N–H and O–H groups in total.